The Hall–Kier alpha value is -0.940. The molecule has 0 radical (unpaired) electrons. The van der Waals surface area contributed by atoms with E-state index in [2.05, 4.69) is 5.32 Å². The van der Waals surface area contributed by atoms with Gasteiger partial charge in [-0.1, -0.05) is 12.8 Å². The Bertz CT molecular complexity index is 498. The van der Waals surface area contributed by atoms with Crippen LogP contribution in [0, 0.1) is 5.82 Å². The summed E-state index contributed by atoms with van der Waals surface area (Å²) in [6.45, 7) is 0. The van der Waals surface area contributed by atoms with Crippen LogP contribution in [0.5, 0.6) is 0 Å². The molecule has 1 aromatic carbocycles. The summed E-state index contributed by atoms with van der Waals surface area (Å²) in [5, 5.41) is 2.69. The van der Waals surface area contributed by atoms with Crippen LogP contribution in [0.2, 0.25) is 0 Å². The van der Waals surface area contributed by atoms with Gasteiger partial charge in [0.2, 0.25) is 0 Å². The van der Waals surface area contributed by atoms with Gasteiger partial charge in [0.15, 0.2) is 9.84 Å². The topological polar surface area (TPSA) is 46.2 Å². The Kier molecular flexibility index (Phi) is 4.02. The average molecular weight is 271 g/mol. The van der Waals surface area contributed by atoms with Crippen molar-refractivity contribution in [3.05, 3.63) is 30.1 Å². The van der Waals surface area contributed by atoms with Gasteiger partial charge < -0.3 is 5.32 Å². The summed E-state index contributed by atoms with van der Waals surface area (Å²) >= 11 is 0. The van der Waals surface area contributed by atoms with Crippen molar-refractivity contribution in [3.63, 3.8) is 0 Å². The highest BCUT2D eigenvalue weighted by molar-refractivity contribution is 7.92. The van der Waals surface area contributed by atoms with Crippen LogP contribution in [0.15, 0.2) is 29.2 Å². The third kappa shape index (κ3) is 2.57. The first-order valence-corrected chi connectivity index (χ1v) is 7.77. The Labute approximate surface area is 107 Å². The van der Waals surface area contributed by atoms with E-state index in [1.807, 2.05) is 0 Å². The average Bonchev–Trinajstić information content (AvgIpc) is 2.39. The summed E-state index contributed by atoms with van der Waals surface area (Å²) < 4.78 is 37.9. The predicted octanol–water partition coefficient (Wildman–Crippen LogP) is 2.13. The lowest BCUT2D eigenvalue weighted by Crippen LogP contribution is -2.44. The van der Waals surface area contributed by atoms with Gasteiger partial charge in [-0.15, -0.1) is 0 Å². The number of nitrogens with one attached hydrogen (secondary N) is 1. The maximum absolute atomic E-state index is 12.9. The number of halogens is 1. The van der Waals surface area contributed by atoms with Crippen molar-refractivity contribution in [2.45, 2.75) is 41.9 Å². The molecule has 1 saturated carbocycles. The van der Waals surface area contributed by atoms with E-state index in [4.69, 9.17) is 0 Å². The fraction of sp³-hybridized carbons (Fsp3) is 0.538. The quantitative estimate of drug-likeness (QED) is 0.857. The molecule has 0 heterocycles. The second-order valence-electron chi connectivity index (χ2n) is 4.72. The summed E-state index contributed by atoms with van der Waals surface area (Å²) in [5.41, 5.74) is 0. The minimum absolute atomic E-state index is 0.00574. The largest absolute Gasteiger partial charge is 0.316 e. The first kappa shape index (κ1) is 13.5. The zero-order valence-electron chi connectivity index (χ0n) is 10.4. The monoisotopic (exact) mass is 271 g/mol. The maximum atomic E-state index is 12.9. The first-order valence-electron chi connectivity index (χ1n) is 6.22. The minimum atomic E-state index is -3.37. The summed E-state index contributed by atoms with van der Waals surface area (Å²) in [6, 6.07) is 5.10. The van der Waals surface area contributed by atoms with E-state index in [1.54, 1.807) is 7.05 Å². The van der Waals surface area contributed by atoms with Crippen molar-refractivity contribution >= 4 is 9.84 Å². The normalized spacial score (nSPS) is 25.0. The molecule has 0 spiro atoms. The van der Waals surface area contributed by atoms with E-state index < -0.39 is 20.9 Å². The lowest BCUT2D eigenvalue weighted by Gasteiger charge is -2.30. The van der Waals surface area contributed by atoms with Crippen LogP contribution < -0.4 is 5.32 Å². The molecule has 0 aromatic heterocycles. The Morgan fingerprint density at radius 2 is 1.78 bits per heavy atom. The molecule has 1 aromatic rings. The summed E-state index contributed by atoms with van der Waals surface area (Å²) in [5.74, 6) is -0.414. The van der Waals surface area contributed by atoms with E-state index in [1.165, 1.54) is 24.3 Å². The van der Waals surface area contributed by atoms with Crippen molar-refractivity contribution in [2.24, 2.45) is 0 Å². The van der Waals surface area contributed by atoms with Gasteiger partial charge in [0.25, 0.3) is 0 Å². The highest BCUT2D eigenvalue weighted by Gasteiger charge is 2.35. The molecule has 0 amide bonds. The highest BCUT2D eigenvalue weighted by atomic mass is 32.2. The van der Waals surface area contributed by atoms with E-state index in [9.17, 15) is 12.8 Å². The van der Waals surface area contributed by atoms with E-state index in [-0.39, 0.29) is 10.9 Å². The van der Waals surface area contributed by atoms with Gasteiger partial charge in [-0.25, -0.2) is 12.8 Å². The fourth-order valence-corrected chi connectivity index (χ4v) is 4.64. The van der Waals surface area contributed by atoms with Gasteiger partial charge in [-0.3, -0.25) is 0 Å². The Morgan fingerprint density at radius 3 is 2.39 bits per heavy atom. The number of rotatable bonds is 3. The summed E-state index contributed by atoms with van der Waals surface area (Å²) in [4.78, 5) is 0.219. The number of sulfone groups is 1. The first-order chi connectivity index (χ1) is 8.55. The second-order valence-corrected chi connectivity index (χ2v) is 6.88. The van der Waals surface area contributed by atoms with Crippen molar-refractivity contribution < 1.29 is 12.8 Å². The smallest absolute Gasteiger partial charge is 0.182 e. The SMILES string of the molecule is CNC1CCCCC1S(=O)(=O)c1ccc(F)cc1. The minimum Gasteiger partial charge on any atom is -0.316 e. The highest BCUT2D eigenvalue weighted by Crippen LogP contribution is 2.28. The molecular formula is C13H18FNO2S. The fourth-order valence-electron chi connectivity index (χ4n) is 2.60. The van der Waals surface area contributed by atoms with Gasteiger partial charge >= 0.3 is 0 Å². The van der Waals surface area contributed by atoms with Crippen molar-refractivity contribution in [2.75, 3.05) is 7.05 Å². The molecule has 18 heavy (non-hydrogen) atoms. The molecule has 1 aliphatic rings. The third-order valence-electron chi connectivity index (χ3n) is 3.61. The molecule has 1 aliphatic carbocycles. The third-order valence-corrected chi connectivity index (χ3v) is 5.90. The van der Waals surface area contributed by atoms with Gasteiger partial charge in [0, 0.05) is 6.04 Å². The second kappa shape index (κ2) is 5.36. The predicted molar refractivity (Wildman–Crippen MR) is 68.7 cm³/mol. The zero-order valence-corrected chi connectivity index (χ0v) is 11.2. The molecule has 3 nitrogen and oxygen atoms in total. The van der Waals surface area contributed by atoms with E-state index >= 15 is 0 Å². The van der Waals surface area contributed by atoms with Crippen LogP contribution in [0.25, 0.3) is 0 Å². The molecule has 0 aliphatic heterocycles. The van der Waals surface area contributed by atoms with Gasteiger partial charge in [0.1, 0.15) is 5.82 Å². The van der Waals surface area contributed by atoms with Crippen LogP contribution >= 0.6 is 0 Å². The molecular weight excluding hydrogens is 253 g/mol. The maximum Gasteiger partial charge on any atom is 0.182 e. The number of hydrogen-bond donors (Lipinski definition) is 1. The Morgan fingerprint density at radius 1 is 1.17 bits per heavy atom. The lowest BCUT2D eigenvalue weighted by molar-refractivity contribution is 0.389. The Balaban J connectivity index is 2.32. The van der Waals surface area contributed by atoms with Crippen LogP contribution in [-0.2, 0) is 9.84 Å². The van der Waals surface area contributed by atoms with Gasteiger partial charge in [0.05, 0.1) is 10.1 Å². The summed E-state index contributed by atoms with van der Waals surface area (Å²) in [6.07, 6.45) is 3.54. The van der Waals surface area contributed by atoms with Crippen LogP contribution in [-0.4, -0.2) is 26.8 Å². The van der Waals surface area contributed by atoms with Crippen LogP contribution in [0.1, 0.15) is 25.7 Å². The molecule has 2 rings (SSSR count). The molecule has 5 heteroatoms. The van der Waals surface area contributed by atoms with Gasteiger partial charge in [-0.2, -0.15) is 0 Å². The number of hydrogen-bond acceptors (Lipinski definition) is 3. The number of benzene rings is 1. The van der Waals surface area contributed by atoms with Crippen LogP contribution in [0.4, 0.5) is 4.39 Å². The molecule has 2 atom stereocenters. The zero-order chi connectivity index (χ0) is 13.2. The lowest BCUT2D eigenvalue weighted by atomic mass is 9.95. The molecule has 100 valence electrons. The van der Waals surface area contributed by atoms with Gasteiger partial charge in [-0.05, 0) is 44.2 Å². The standard InChI is InChI=1S/C13H18FNO2S/c1-15-12-4-2-3-5-13(12)18(16,17)11-8-6-10(14)7-9-11/h6-9,12-13,15H,2-5H2,1H3. The van der Waals surface area contributed by atoms with Crippen molar-refractivity contribution in [1.29, 1.82) is 0 Å². The van der Waals surface area contributed by atoms with Crippen LogP contribution in [0.3, 0.4) is 0 Å². The molecule has 0 saturated heterocycles. The molecule has 0 bridgehead atoms. The molecule has 2 unspecified atom stereocenters. The van der Waals surface area contributed by atoms with Crippen molar-refractivity contribution in [1.82, 2.24) is 5.32 Å². The molecule has 1 N–H and O–H groups in total. The molecule has 1 fully saturated rings. The summed E-state index contributed by atoms with van der Waals surface area (Å²) in [7, 11) is -1.57. The van der Waals surface area contributed by atoms with E-state index in [0.717, 1.165) is 19.3 Å². The van der Waals surface area contributed by atoms with E-state index in [0.29, 0.717) is 6.42 Å². The van der Waals surface area contributed by atoms with Crippen molar-refractivity contribution in [3.8, 4) is 0 Å².